The minimum Gasteiger partial charge on any atom is -0.504 e. The molecule has 35 heavy (non-hydrogen) atoms. The molecule has 0 radical (unpaired) electrons. The Hall–Kier alpha value is -4.24. The molecule has 3 rings (SSSR count). The number of esters is 1. The first-order valence-electron chi connectivity index (χ1n) is 10.8. The fraction of sp³-hybridized carbons (Fsp3) is 0.231. The van der Waals surface area contributed by atoms with Crippen LogP contribution in [0.15, 0.2) is 60.7 Å². The summed E-state index contributed by atoms with van der Waals surface area (Å²) in [5, 5.41) is 52.1. The number of hydrogen-bond acceptors (Lipinski definition) is 8. The van der Waals surface area contributed by atoms with E-state index in [1.165, 1.54) is 37.4 Å². The number of benzene rings is 3. The maximum absolute atomic E-state index is 13.2. The van der Waals surface area contributed by atoms with E-state index in [2.05, 4.69) is 5.32 Å². The first kappa shape index (κ1) is 25.4. The number of aromatic hydroxyl groups is 4. The molecule has 0 saturated carbocycles. The van der Waals surface area contributed by atoms with Gasteiger partial charge in [0.1, 0.15) is 0 Å². The molecule has 0 unspecified atom stereocenters. The highest BCUT2D eigenvalue weighted by Crippen LogP contribution is 2.39. The fourth-order valence-electron chi connectivity index (χ4n) is 3.91. The molecule has 0 spiro atoms. The summed E-state index contributed by atoms with van der Waals surface area (Å²) in [7, 11) is 1.22. The Kier molecular flexibility index (Phi) is 8.17. The van der Waals surface area contributed by atoms with Gasteiger partial charge >= 0.3 is 5.97 Å². The number of rotatable bonds is 9. The van der Waals surface area contributed by atoms with Gasteiger partial charge in [-0.15, -0.1) is 0 Å². The summed E-state index contributed by atoms with van der Waals surface area (Å²) in [6.07, 6.45) is -0.104. The van der Waals surface area contributed by atoms with Crippen LogP contribution in [-0.4, -0.2) is 51.1 Å². The van der Waals surface area contributed by atoms with Crippen LogP contribution in [0.3, 0.4) is 0 Å². The van der Waals surface area contributed by atoms with Crippen molar-refractivity contribution in [3.8, 4) is 23.0 Å². The summed E-state index contributed by atoms with van der Waals surface area (Å²) in [4.78, 5) is 25.6. The molecule has 0 saturated heterocycles. The number of phenolic OH excluding ortho intramolecular Hbond substituents is 4. The highest BCUT2D eigenvalue weighted by Gasteiger charge is 2.28. The van der Waals surface area contributed by atoms with Crippen LogP contribution < -0.4 is 5.32 Å². The van der Waals surface area contributed by atoms with Crippen molar-refractivity contribution in [1.82, 2.24) is 5.32 Å². The average Bonchev–Trinajstić information content (AvgIpc) is 2.85. The lowest BCUT2D eigenvalue weighted by Gasteiger charge is -2.23. The van der Waals surface area contributed by atoms with Crippen molar-refractivity contribution in [3.05, 3.63) is 82.9 Å². The van der Waals surface area contributed by atoms with Crippen LogP contribution in [0.5, 0.6) is 23.0 Å². The predicted molar refractivity (Wildman–Crippen MR) is 126 cm³/mol. The molecule has 1 amide bonds. The normalized spacial score (nSPS) is 12.5. The van der Waals surface area contributed by atoms with Crippen LogP contribution in [-0.2, 0) is 20.7 Å². The third kappa shape index (κ3) is 6.01. The van der Waals surface area contributed by atoms with Gasteiger partial charge in [-0.1, -0.05) is 36.4 Å². The zero-order chi connectivity index (χ0) is 25.5. The second-order valence-corrected chi connectivity index (χ2v) is 7.95. The van der Waals surface area contributed by atoms with Gasteiger partial charge in [-0.3, -0.25) is 4.79 Å². The fourth-order valence-corrected chi connectivity index (χ4v) is 3.91. The largest absolute Gasteiger partial charge is 0.504 e. The Bertz CT molecular complexity index is 1200. The topological polar surface area (TPSA) is 157 Å². The minimum absolute atomic E-state index is 0.125. The molecule has 0 aliphatic rings. The zero-order valence-electron chi connectivity index (χ0n) is 19.0. The molecular weight excluding hydrogens is 454 g/mol. The maximum Gasteiger partial charge on any atom is 0.333 e. The third-order valence-electron chi connectivity index (χ3n) is 5.66. The number of nitrogens with one attached hydrogen (secondary N) is 1. The lowest BCUT2D eigenvalue weighted by Crippen LogP contribution is -2.35. The summed E-state index contributed by atoms with van der Waals surface area (Å²) in [5.74, 6) is -3.54. The summed E-state index contributed by atoms with van der Waals surface area (Å²) < 4.78 is 4.85. The minimum atomic E-state index is -1.06. The van der Waals surface area contributed by atoms with Crippen molar-refractivity contribution in [2.75, 3.05) is 13.7 Å². The molecule has 3 aromatic rings. The molecule has 9 heteroatoms. The molecular formula is C26H27NO8. The number of aliphatic hydroxyl groups is 1. The van der Waals surface area contributed by atoms with E-state index >= 15 is 0 Å². The summed E-state index contributed by atoms with van der Waals surface area (Å²) >= 11 is 0. The third-order valence-corrected chi connectivity index (χ3v) is 5.66. The lowest BCUT2D eigenvalue weighted by atomic mass is 9.84. The number of amides is 1. The Morgan fingerprint density at radius 3 is 2.14 bits per heavy atom. The lowest BCUT2D eigenvalue weighted by molar-refractivity contribution is -0.145. The molecule has 3 aromatic carbocycles. The number of carbonyl (C=O) groups is 2. The van der Waals surface area contributed by atoms with Gasteiger partial charge in [-0.2, -0.15) is 0 Å². The van der Waals surface area contributed by atoms with Crippen LogP contribution in [0.4, 0.5) is 0 Å². The van der Waals surface area contributed by atoms with Crippen LogP contribution in [0.2, 0.25) is 0 Å². The Morgan fingerprint density at radius 2 is 1.51 bits per heavy atom. The average molecular weight is 482 g/mol. The molecule has 0 aliphatic heterocycles. The maximum atomic E-state index is 13.2. The van der Waals surface area contributed by atoms with E-state index in [-0.39, 0.29) is 30.9 Å². The van der Waals surface area contributed by atoms with Gasteiger partial charge in [0.15, 0.2) is 29.0 Å². The molecule has 9 nitrogen and oxygen atoms in total. The zero-order valence-corrected chi connectivity index (χ0v) is 19.0. The van der Waals surface area contributed by atoms with Crippen molar-refractivity contribution in [1.29, 1.82) is 0 Å². The van der Waals surface area contributed by atoms with Gasteiger partial charge in [0.2, 0.25) is 5.91 Å². The van der Waals surface area contributed by atoms with Gasteiger partial charge in [0.05, 0.1) is 7.11 Å². The first-order chi connectivity index (χ1) is 16.7. The standard InChI is InChI=1S/C26H27NO8/c1-35-26(34)25(15-5-3-2-4-6-15)27-24(33)14-19(16-7-8-20(29)21(30)11-16)18-13-23(32)22(31)12-17(18)9-10-28/h2-8,11-13,19,25,28-32H,9-10,14H2,1H3,(H,27,33)/t19-,25+/m0/s1. The van der Waals surface area contributed by atoms with Gasteiger partial charge in [-0.05, 0) is 52.9 Å². The van der Waals surface area contributed by atoms with Gasteiger partial charge in [-0.25, -0.2) is 4.79 Å². The van der Waals surface area contributed by atoms with E-state index in [4.69, 9.17) is 4.74 Å². The molecule has 0 heterocycles. The molecule has 0 fully saturated rings. The quantitative estimate of drug-likeness (QED) is 0.201. The van der Waals surface area contributed by atoms with Crippen molar-refractivity contribution in [3.63, 3.8) is 0 Å². The first-order valence-corrected chi connectivity index (χ1v) is 10.8. The number of hydrogen-bond donors (Lipinski definition) is 6. The smallest absolute Gasteiger partial charge is 0.333 e. The van der Waals surface area contributed by atoms with Crippen LogP contribution >= 0.6 is 0 Å². The molecule has 2 atom stereocenters. The van der Waals surface area contributed by atoms with Crippen LogP contribution in [0.25, 0.3) is 0 Å². The van der Waals surface area contributed by atoms with E-state index in [1.807, 2.05) is 0 Å². The molecule has 6 N–H and O–H groups in total. The molecule has 0 aromatic heterocycles. The van der Waals surface area contributed by atoms with Gasteiger partial charge in [0.25, 0.3) is 0 Å². The van der Waals surface area contributed by atoms with Crippen molar-refractivity contribution < 1.29 is 39.9 Å². The van der Waals surface area contributed by atoms with Crippen molar-refractivity contribution in [2.24, 2.45) is 0 Å². The molecule has 184 valence electrons. The number of aliphatic hydroxyl groups excluding tert-OH is 1. The predicted octanol–water partition coefficient (Wildman–Crippen LogP) is 2.60. The number of phenols is 4. The van der Waals surface area contributed by atoms with Gasteiger partial charge < -0.3 is 35.6 Å². The van der Waals surface area contributed by atoms with E-state index in [0.29, 0.717) is 22.3 Å². The van der Waals surface area contributed by atoms with Gasteiger partial charge in [0, 0.05) is 18.9 Å². The molecule has 0 bridgehead atoms. The second-order valence-electron chi connectivity index (χ2n) is 7.95. The van der Waals surface area contributed by atoms with E-state index in [1.54, 1.807) is 30.3 Å². The van der Waals surface area contributed by atoms with Crippen molar-refractivity contribution >= 4 is 11.9 Å². The number of carbonyl (C=O) groups excluding carboxylic acids is 2. The SMILES string of the molecule is COC(=O)[C@H](NC(=O)C[C@@H](c1ccc(O)c(O)c1)c1cc(O)c(O)cc1CCO)c1ccccc1. The van der Waals surface area contributed by atoms with Crippen LogP contribution in [0.1, 0.15) is 40.6 Å². The highest BCUT2D eigenvalue weighted by atomic mass is 16.5. The summed E-state index contributed by atoms with van der Waals surface area (Å²) in [5.41, 5.74) is 1.84. The van der Waals surface area contributed by atoms with E-state index in [0.717, 1.165) is 0 Å². The number of methoxy groups -OCH3 is 1. The van der Waals surface area contributed by atoms with Crippen molar-refractivity contribution in [2.45, 2.75) is 24.8 Å². The van der Waals surface area contributed by atoms with Crippen LogP contribution in [0, 0.1) is 0 Å². The highest BCUT2D eigenvalue weighted by molar-refractivity contribution is 5.86. The summed E-state index contributed by atoms with van der Waals surface area (Å²) in [6, 6.07) is 14.2. The Balaban J connectivity index is 2.02. The van der Waals surface area contributed by atoms with E-state index in [9.17, 15) is 35.1 Å². The second kappa shape index (κ2) is 11.3. The number of ether oxygens (including phenoxy) is 1. The Labute approximate surface area is 201 Å². The monoisotopic (exact) mass is 481 g/mol. The Morgan fingerprint density at radius 1 is 0.857 bits per heavy atom. The summed E-state index contributed by atoms with van der Waals surface area (Å²) in [6.45, 7) is -0.255. The molecule has 0 aliphatic carbocycles. The van der Waals surface area contributed by atoms with E-state index < -0.39 is 35.3 Å².